The maximum Gasteiger partial charge on any atom is 0.0753 e. The molecule has 0 saturated carbocycles. The second-order valence-corrected chi connectivity index (χ2v) is 3.33. The molecule has 1 aliphatic carbocycles. The molecule has 1 aliphatic rings. The first-order valence-corrected chi connectivity index (χ1v) is 4.71. The van der Waals surface area contributed by atoms with E-state index in [4.69, 9.17) is 0 Å². The van der Waals surface area contributed by atoms with Crippen molar-refractivity contribution in [3.05, 3.63) is 11.6 Å². The topological polar surface area (TPSA) is 20.2 Å². The molecule has 1 heteroatoms. The SMILES string of the molecule is CCCCCC1=CCC[C@@H]1O. The van der Waals surface area contributed by atoms with Gasteiger partial charge in [-0.25, -0.2) is 0 Å². The quantitative estimate of drug-likeness (QED) is 0.487. The van der Waals surface area contributed by atoms with Gasteiger partial charge in [0, 0.05) is 0 Å². The molecule has 1 N–H and O–H groups in total. The summed E-state index contributed by atoms with van der Waals surface area (Å²) in [6.07, 6.45) is 9.08. The van der Waals surface area contributed by atoms with Crippen LogP contribution in [0.25, 0.3) is 0 Å². The van der Waals surface area contributed by atoms with Gasteiger partial charge in [-0.1, -0.05) is 25.8 Å². The third kappa shape index (κ3) is 2.66. The van der Waals surface area contributed by atoms with Crippen molar-refractivity contribution >= 4 is 0 Å². The highest BCUT2D eigenvalue weighted by Gasteiger charge is 2.14. The number of rotatable bonds is 4. The monoisotopic (exact) mass is 154 g/mol. The van der Waals surface area contributed by atoms with Crippen molar-refractivity contribution in [2.24, 2.45) is 0 Å². The van der Waals surface area contributed by atoms with E-state index in [1.165, 1.54) is 24.8 Å². The van der Waals surface area contributed by atoms with Gasteiger partial charge in [-0.3, -0.25) is 0 Å². The van der Waals surface area contributed by atoms with Gasteiger partial charge in [-0.15, -0.1) is 0 Å². The molecule has 1 nitrogen and oxygen atoms in total. The number of unbranched alkanes of at least 4 members (excludes halogenated alkanes) is 2. The number of aliphatic hydroxyl groups excluding tert-OH is 1. The average Bonchev–Trinajstić information content (AvgIpc) is 2.37. The van der Waals surface area contributed by atoms with Crippen molar-refractivity contribution in [1.29, 1.82) is 0 Å². The van der Waals surface area contributed by atoms with Gasteiger partial charge in [0.1, 0.15) is 0 Å². The molecule has 0 saturated heterocycles. The molecular formula is C10H18O. The number of aliphatic hydroxyl groups is 1. The first-order chi connectivity index (χ1) is 5.34. The molecular weight excluding hydrogens is 136 g/mol. The Bertz CT molecular complexity index is 138. The van der Waals surface area contributed by atoms with Crippen molar-refractivity contribution < 1.29 is 5.11 Å². The van der Waals surface area contributed by atoms with Crippen LogP contribution < -0.4 is 0 Å². The zero-order valence-electron chi connectivity index (χ0n) is 7.34. The van der Waals surface area contributed by atoms with Gasteiger partial charge in [-0.2, -0.15) is 0 Å². The van der Waals surface area contributed by atoms with Crippen molar-refractivity contribution in [3.8, 4) is 0 Å². The van der Waals surface area contributed by atoms with Gasteiger partial charge < -0.3 is 5.11 Å². The van der Waals surface area contributed by atoms with E-state index in [0.717, 1.165) is 19.3 Å². The fourth-order valence-electron chi connectivity index (χ4n) is 1.60. The first kappa shape index (κ1) is 8.79. The number of allylic oxidation sites excluding steroid dienone is 1. The molecule has 11 heavy (non-hydrogen) atoms. The fraction of sp³-hybridized carbons (Fsp3) is 0.800. The lowest BCUT2D eigenvalue weighted by atomic mass is 10.1. The summed E-state index contributed by atoms with van der Waals surface area (Å²) in [4.78, 5) is 0. The molecule has 0 aromatic rings. The minimum absolute atomic E-state index is 0.105. The molecule has 0 aromatic carbocycles. The van der Waals surface area contributed by atoms with Crippen LogP contribution in [0.4, 0.5) is 0 Å². The van der Waals surface area contributed by atoms with E-state index >= 15 is 0 Å². The molecule has 0 heterocycles. The van der Waals surface area contributed by atoms with Gasteiger partial charge in [0.2, 0.25) is 0 Å². The van der Waals surface area contributed by atoms with Crippen LogP contribution >= 0.6 is 0 Å². The highest BCUT2D eigenvalue weighted by Crippen LogP contribution is 2.23. The van der Waals surface area contributed by atoms with Crippen LogP contribution in [-0.4, -0.2) is 11.2 Å². The Morgan fingerprint density at radius 1 is 1.55 bits per heavy atom. The van der Waals surface area contributed by atoms with Crippen molar-refractivity contribution in [1.82, 2.24) is 0 Å². The number of hydrogen-bond acceptors (Lipinski definition) is 1. The Balaban J connectivity index is 2.15. The molecule has 1 rings (SSSR count). The normalized spacial score (nSPS) is 23.8. The van der Waals surface area contributed by atoms with E-state index in [1.807, 2.05) is 0 Å². The summed E-state index contributed by atoms with van der Waals surface area (Å²) in [5.41, 5.74) is 1.29. The van der Waals surface area contributed by atoms with Crippen LogP contribution in [0.1, 0.15) is 45.4 Å². The minimum atomic E-state index is -0.105. The Morgan fingerprint density at radius 2 is 2.36 bits per heavy atom. The summed E-state index contributed by atoms with van der Waals surface area (Å²) in [5, 5.41) is 9.42. The van der Waals surface area contributed by atoms with Crippen molar-refractivity contribution in [2.75, 3.05) is 0 Å². The van der Waals surface area contributed by atoms with E-state index in [2.05, 4.69) is 13.0 Å². The lowest BCUT2D eigenvalue weighted by Gasteiger charge is -2.06. The molecule has 0 bridgehead atoms. The molecule has 0 amide bonds. The van der Waals surface area contributed by atoms with E-state index in [9.17, 15) is 5.11 Å². The van der Waals surface area contributed by atoms with E-state index < -0.39 is 0 Å². The molecule has 0 radical (unpaired) electrons. The second-order valence-electron chi connectivity index (χ2n) is 3.33. The van der Waals surface area contributed by atoms with Crippen LogP contribution in [-0.2, 0) is 0 Å². The Hall–Kier alpha value is -0.300. The summed E-state index contributed by atoms with van der Waals surface area (Å²) in [6.45, 7) is 2.21. The summed E-state index contributed by atoms with van der Waals surface area (Å²) >= 11 is 0. The lowest BCUT2D eigenvalue weighted by molar-refractivity contribution is 0.207. The highest BCUT2D eigenvalue weighted by atomic mass is 16.3. The fourth-order valence-corrected chi connectivity index (χ4v) is 1.60. The van der Waals surface area contributed by atoms with Crippen LogP contribution in [0.5, 0.6) is 0 Å². The minimum Gasteiger partial charge on any atom is -0.389 e. The smallest absolute Gasteiger partial charge is 0.0753 e. The largest absolute Gasteiger partial charge is 0.389 e. The molecule has 64 valence electrons. The average molecular weight is 154 g/mol. The van der Waals surface area contributed by atoms with Gasteiger partial charge in [0.25, 0.3) is 0 Å². The highest BCUT2D eigenvalue weighted by molar-refractivity contribution is 5.13. The third-order valence-electron chi connectivity index (χ3n) is 2.34. The van der Waals surface area contributed by atoms with Crippen LogP contribution in [0, 0.1) is 0 Å². The lowest BCUT2D eigenvalue weighted by Crippen LogP contribution is -2.04. The van der Waals surface area contributed by atoms with Crippen molar-refractivity contribution in [3.63, 3.8) is 0 Å². The Morgan fingerprint density at radius 3 is 2.91 bits per heavy atom. The molecule has 0 aliphatic heterocycles. The Kier molecular flexibility index (Phi) is 3.64. The zero-order valence-corrected chi connectivity index (χ0v) is 7.34. The standard InChI is InChI=1S/C10H18O/c1-2-3-4-6-9-7-5-8-10(9)11/h7,10-11H,2-6,8H2,1H3/t10-/m0/s1. The van der Waals surface area contributed by atoms with E-state index in [-0.39, 0.29) is 6.10 Å². The van der Waals surface area contributed by atoms with Crippen LogP contribution in [0.15, 0.2) is 11.6 Å². The molecule has 0 fully saturated rings. The van der Waals surface area contributed by atoms with Gasteiger partial charge in [-0.05, 0) is 31.3 Å². The Labute approximate surface area is 69.1 Å². The zero-order chi connectivity index (χ0) is 8.10. The first-order valence-electron chi connectivity index (χ1n) is 4.71. The second kappa shape index (κ2) is 4.55. The van der Waals surface area contributed by atoms with E-state index in [1.54, 1.807) is 0 Å². The summed E-state index contributed by atoms with van der Waals surface area (Å²) < 4.78 is 0. The summed E-state index contributed by atoms with van der Waals surface area (Å²) in [5.74, 6) is 0. The van der Waals surface area contributed by atoms with Gasteiger partial charge in [0.15, 0.2) is 0 Å². The summed E-state index contributed by atoms with van der Waals surface area (Å²) in [6, 6.07) is 0. The third-order valence-corrected chi connectivity index (χ3v) is 2.34. The molecule has 0 unspecified atom stereocenters. The van der Waals surface area contributed by atoms with E-state index in [0.29, 0.717) is 0 Å². The molecule has 1 atom stereocenters. The maximum absolute atomic E-state index is 9.42. The van der Waals surface area contributed by atoms with Crippen LogP contribution in [0.2, 0.25) is 0 Å². The predicted octanol–water partition coefficient (Wildman–Crippen LogP) is 2.65. The van der Waals surface area contributed by atoms with Gasteiger partial charge >= 0.3 is 0 Å². The van der Waals surface area contributed by atoms with Gasteiger partial charge in [0.05, 0.1) is 6.10 Å². The molecule has 0 aromatic heterocycles. The van der Waals surface area contributed by atoms with Crippen LogP contribution in [0.3, 0.4) is 0 Å². The molecule has 0 spiro atoms. The maximum atomic E-state index is 9.42. The number of hydrogen-bond donors (Lipinski definition) is 1. The predicted molar refractivity (Wildman–Crippen MR) is 47.5 cm³/mol. The summed E-state index contributed by atoms with van der Waals surface area (Å²) in [7, 11) is 0. The van der Waals surface area contributed by atoms with Crippen molar-refractivity contribution in [2.45, 2.75) is 51.6 Å².